The van der Waals surface area contributed by atoms with Crippen LogP contribution in [-0.4, -0.2) is 20.3 Å². The summed E-state index contributed by atoms with van der Waals surface area (Å²) < 4.78 is 11.9. The molecule has 0 spiro atoms. The summed E-state index contributed by atoms with van der Waals surface area (Å²) in [6, 6.07) is 4.11. The van der Waals surface area contributed by atoms with Crippen molar-refractivity contribution >= 4 is 28.3 Å². The standard InChI is InChI=1S/C15H24BrNO2.ClH/c1-5-19-14-9-12(8-13(16)15(14)18-4)10-17-7-6-11(2)3;/h8-9,11,17H,5-7,10H2,1-4H3;1H. The van der Waals surface area contributed by atoms with Crippen molar-refractivity contribution in [2.75, 3.05) is 20.3 Å². The van der Waals surface area contributed by atoms with Crippen LogP contribution in [-0.2, 0) is 6.54 Å². The first-order valence-corrected chi connectivity index (χ1v) is 7.57. The number of rotatable bonds is 8. The smallest absolute Gasteiger partial charge is 0.174 e. The van der Waals surface area contributed by atoms with E-state index in [0.717, 1.165) is 35.0 Å². The second kappa shape index (κ2) is 10.3. The maximum Gasteiger partial charge on any atom is 0.174 e. The maximum absolute atomic E-state index is 5.61. The Morgan fingerprint density at radius 2 is 2.00 bits per heavy atom. The van der Waals surface area contributed by atoms with E-state index in [1.165, 1.54) is 12.0 Å². The molecular formula is C15H25BrClNO2. The third-order valence-corrected chi connectivity index (χ3v) is 3.39. The molecule has 1 rings (SSSR count). The van der Waals surface area contributed by atoms with Gasteiger partial charge in [-0.25, -0.2) is 0 Å². The minimum Gasteiger partial charge on any atom is -0.492 e. The lowest BCUT2D eigenvalue weighted by atomic mass is 10.1. The van der Waals surface area contributed by atoms with Crippen LogP contribution >= 0.6 is 28.3 Å². The van der Waals surface area contributed by atoms with Crippen molar-refractivity contribution in [2.24, 2.45) is 5.92 Å². The van der Waals surface area contributed by atoms with Gasteiger partial charge in [0.25, 0.3) is 0 Å². The Bertz CT molecular complexity index is 400. The molecule has 0 atom stereocenters. The minimum atomic E-state index is 0. The van der Waals surface area contributed by atoms with Crippen molar-refractivity contribution in [3.63, 3.8) is 0 Å². The molecule has 0 aliphatic rings. The summed E-state index contributed by atoms with van der Waals surface area (Å²) in [6.07, 6.45) is 1.19. The summed E-state index contributed by atoms with van der Waals surface area (Å²) in [5.74, 6) is 2.28. The fourth-order valence-corrected chi connectivity index (χ4v) is 2.46. The summed E-state index contributed by atoms with van der Waals surface area (Å²) in [5.41, 5.74) is 1.19. The van der Waals surface area contributed by atoms with E-state index in [1.54, 1.807) is 7.11 Å². The van der Waals surface area contributed by atoms with Gasteiger partial charge in [0.05, 0.1) is 18.2 Å². The van der Waals surface area contributed by atoms with E-state index >= 15 is 0 Å². The van der Waals surface area contributed by atoms with Crippen molar-refractivity contribution in [3.8, 4) is 11.5 Å². The van der Waals surface area contributed by atoms with E-state index < -0.39 is 0 Å². The predicted octanol–water partition coefficient (Wildman–Crippen LogP) is 4.41. The number of benzene rings is 1. The highest BCUT2D eigenvalue weighted by Crippen LogP contribution is 2.36. The quantitative estimate of drug-likeness (QED) is 0.691. The molecule has 0 saturated carbocycles. The zero-order valence-electron chi connectivity index (χ0n) is 12.7. The number of hydrogen-bond acceptors (Lipinski definition) is 3. The number of halogens is 2. The molecule has 0 aliphatic carbocycles. The zero-order chi connectivity index (χ0) is 14.3. The first kappa shape index (κ1) is 19.6. The van der Waals surface area contributed by atoms with Gasteiger partial charge in [0, 0.05) is 6.54 Å². The van der Waals surface area contributed by atoms with Crippen molar-refractivity contribution in [1.29, 1.82) is 0 Å². The Labute approximate surface area is 137 Å². The van der Waals surface area contributed by atoms with E-state index in [2.05, 4.69) is 41.2 Å². The second-order valence-corrected chi connectivity index (χ2v) is 5.76. The van der Waals surface area contributed by atoms with E-state index in [9.17, 15) is 0 Å². The zero-order valence-corrected chi connectivity index (χ0v) is 15.1. The Morgan fingerprint density at radius 1 is 1.30 bits per heavy atom. The lowest BCUT2D eigenvalue weighted by Gasteiger charge is -2.14. The van der Waals surface area contributed by atoms with Gasteiger partial charge in [0.15, 0.2) is 11.5 Å². The molecule has 0 heterocycles. The molecular weight excluding hydrogens is 342 g/mol. The molecule has 0 saturated heterocycles. The van der Waals surface area contributed by atoms with Gasteiger partial charge in [-0.15, -0.1) is 12.4 Å². The predicted molar refractivity (Wildman–Crippen MR) is 90.3 cm³/mol. The third kappa shape index (κ3) is 6.33. The number of nitrogens with one attached hydrogen (secondary N) is 1. The topological polar surface area (TPSA) is 30.5 Å². The van der Waals surface area contributed by atoms with Crippen LogP contribution < -0.4 is 14.8 Å². The summed E-state index contributed by atoms with van der Waals surface area (Å²) in [6.45, 7) is 8.95. The molecule has 116 valence electrons. The highest BCUT2D eigenvalue weighted by atomic mass is 79.9. The minimum absolute atomic E-state index is 0. The van der Waals surface area contributed by atoms with E-state index in [0.29, 0.717) is 6.61 Å². The van der Waals surface area contributed by atoms with Crippen LogP contribution in [0.5, 0.6) is 11.5 Å². The highest BCUT2D eigenvalue weighted by Gasteiger charge is 2.10. The summed E-state index contributed by atoms with van der Waals surface area (Å²) in [7, 11) is 1.66. The van der Waals surface area contributed by atoms with Gasteiger partial charge in [-0.2, -0.15) is 0 Å². The van der Waals surface area contributed by atoms with E-state index in [4.69, 9.17) is 9.47 Å². The number of hydrogen-bond donors (Lipinski definition) is 1. The van der Waals surface area contributed by atoms with Crippen molar-refractivity contribution in [2.45, 2.75) is 33.7 Å². The molecule has 5 heteroatoms. The Hall–Kier alpha value is -0.450. The first-order chi connectivity index (χ1) is 9.08. The average molecular weight is 367 g/mol. The van der Waals surface area contributed by atoms with Gasteiger partial charge in [-0.3, -0.25) is 0 Å². The molecule has 0 fully saturated rings. The van der Waals surface area contributed by atoms with Gasteiger partial charge in [0.1, 0.15) is 0 Å². The molecule has 0 radical (unpaired) electrons. The molecule has 20 heavy (non-hydrogen) atoms. The number of ether oxygens (including phenoxy) is 2. The first-order valence-electron chi connectivity index (χ1n) is 6.78. The van der Waals surface area contributed by atoms with Crippen molar-refractivity contribution in [3.05, 3.63) is 22.2 Å². The van der Waals surface area contributed by atoms with Crippen molar-refractivity contribution < 1.29 is 9.47 Å². The molecule has 0 aromatic heterocycles. The fraction of sp³-hybridized carbons (Fsp3) is 0.600. The Balaban J connectivity index is 0.00000361. The molecule has 0 aliphatic heterocycles. The molecule has 1 N–H and O–H groups in total. The molecule has 0 amide bonds. The molecule has 0 unspecified atom stereocenters. The summed E-state index contributed by atoms with van der Waals surface area (Å²) in [4.78, 5) is 0. The van der Waals surface area contributed by atoms with Crippen LogP contribution in [0.4, 0.5) is 0 Å². The SMILES string of the molecule is CCOc1cc(CNCCC(C)C)cc(Br)c1OC.Cl. The number of methoxy groups -OCH3 is 1. The van der Waals surface area contributed by atoms with Crippen LogP contribution in [0, 0.1) is 5.92 Å². The summed E-state index contributed by atoms with van der Waals surface area (Å²) >= 11 is 3.53. The van der Waals surface area contributed by atoms with Crippen LogP contribution in [0.3, 0.4) is 0 Å². The fourth-order valence-electron chi connectivity index (χ4n) is 1.81. The average Bonchev–Trinajstić information content (AvgIpc) is 2.35. The molecule has 3 nitrogen and oxygen atoms in total. The molecule has 0 bridgehead atoms. The van der Waals surface area contributed by atoms with Crippen molar-refractivity contribution in [1.82, 2.24) is 5.32 Å². The van der Waals surface area contributed by atoms with E-state index in [1.807, 2.05) is 13.0 Å². The van der Waals surface area contributed by atoms with Gasteiger partial charge in [-0.05, 0) is 59.4 Å². The Morgan fingerprint density at radius 3 is 2.55 bits per heavy atom. The molecule has 1 aromatic carbocycles. The maximum atomic E-state index is 5.61. The molecule has 1 aromatic rings. The second-order valence-electron chi connectivity index (χ2n) is 4.90. The summed E-state index contributed by atoms with van der Waals surface area (Å²) in [5, 5.41) is 3.45. The Kier molecular flexibility index (Phi) is 10.1. The largest absolute Gasteiger partial charge is 0.492 e. The van der Waals surface area contributed by atoms with E-state index in [-0.39, 0.29) is 12.4 Å². The lowest BCUT2D eigenvalue weighted by Crippen LogP contribution is -2.16. The monoisotopic (exact) mass is 365 g/mol. The van der Waals surface area contributed by atoms with Gasteiger partial charge in [0.2, 0.25) is 0 Å². The highest BCUT2D eigenvalue weighted by molar-refractivity contribution is 9.10. The van der Waals surface area contributed by atoms with Gasteiger partial charge >= 0.3 is 0 Å². The lowest BCUT2D eigenvalue weighted by molar-refractivity contribution is 0.309. The van der Waals surface area contributed by atoms with Crippen LogP contribution in [0.1, 0.15) is 32.8 Å². The van der Waals surface area contributed by atoms with Gasteiger partial charge in [-0.1, -0.05) is 13.8 Å². The van der Waals surface area contributed by atoms with Crippen LogP contribution in [0.25, 0.3) is 0 Å². The van der Waals surface area contributed by atoms with Crippen LogP contribution in [0.15, 0.2) is 16.6 Å². The normalized spacial score (nSPS) is 10.3. The third-order valence-electron chi connectivity index (χ3n) is 2.80. The van der Waals surface area contributed by atoms with Gasteiger partial charge < -0.3 is 14.8 Å². The van der Waals surface area contributed by atoms with Crippen LogP contribution in [0.2, 0.25) is 0 Å².